The minimum Gasteiger partial charge on any atom is -0.484 e. The zero-order valence-electron chi connectivity index (χ0n) is 15.6. The number of amides is 1. The van der Waals surface area contributed by atoms with Gasteiger partial charge in [0.1, 0.15) is 12.4 Å². The summed E-state index contributed by atoms with van der Waals surface area (Å²) < 4.78 is 12.1. The molecule has 2 N–H and O–H groups in total. The van der Waals surface area contributed by atoms with Gasteiger partial charge in [-0.3, -0.25) is 14.0 Å². The first-order valence-electron chi connectivity index (χ1n) is 9.23. The number of esters is 1. The molecule has 9 heteroatoms. The molecule has 0 atom stereocenters. The summed E-state index contributed by atoms with van der Waals surface area (Å²) in [6.45, 7) is -0.327. The van der Waals surface area contributed by atoms with Gasteiger partial charge in [0.2, 0.25) is 0 Å². The van der Waals surface area contributed by atoms with Gasteiger partial charge in [0.25, 0.3) is 11.5 Å². The molecule has 2 heterocycles. The Bertz CT molecular complexity index is 1130. The molecule has 2 aromatic heterocycles. The van der Waals surface area contributed by atoms with Crippen LogP contribution in [-0.2, 0) is 29.0 Å². The van der Waals surface area contributed by atoms with Gasteiger partial charge in [-0.2, -0.15) is 0 Å². The number of nitrogens with two attached hydrogens (primary N) is 1. The van der Waals surface area contributed by atoms with E-state index in [1.807, 2.05) is 0 Å². The number of nitrogens with zero attached hydrogens (tertiary/aromatic N) is 2. The molecular formula is C20H19N3O5S. The van der Waals surface area contributed by atoms with Crippen LogP contribution in [0.2, 0.25) is 0 Å². The Kier molecular flexibility index (Phi) is 5.30. The van der Waals surface area contributed by atoms with Gasteiger partial charge in [0.05, 0.1) is 11.3 Å². The van der Waals surface area contributed by atoms with E-state index in [-0.39, 0.29) is 18.8 Å². The third-order valence-electron chi connectivity index (χ3n) is 4.64. The summed E-state index contributed by atoms with van der Waals surface area (Å²) in [5.41, 5.74) is 6.68. The molecule has 3 aromatic rings. The molecule has 0 saturated heterocycles. The Labute approximate surface area is 169 Å². The fourth-order valence-electron chi connectivity index (χ4n) is 3.28. The molecule has 1 aliphatic carbocycles. The Morgan fingerprint density at radius 2 is 1.93 bits per heavy atom. The maximum atomic E-state index is 12.5. The van der Waals surface area contributed by atoms with Gasteiger partial charge in [0, 0.05) is 16.6 Å². The van der Waals surface area contributed by atoms with Crippen molar-refractivity contribution in [1.82, 2.24) is 9.38 Å². The fourth-order valence-corrected chi connectivity index (χ4v) is 4.51. The van der Waals surface area contributed by atoms with Gasteiger partial charge in [0.15, 0.2) is 11.6 Å². The van der Waals surface area contributed by atoms with Gasteiger partial charge in [-0.05, 0) is 49.9 Å². The largest absolute Gasteiger partial charge is 0.484 e. The van der Waals surface area contributed by atoms with Crippen molar-refractivity contribution in [3.63, 3.8) is 0 Å². The van der Waals surface area contributed by atoms with Crippen molar-refractivity contribution >= 4 is 28.2 Å². The summed E-state index contributed by atoms with van der Waals surface area (Å²) in [6.07, 6.45) is 4.08. The number of fused-ring (bicyclic) bond motifs is 3. The van der Waals surface area contributed by atoms with Crippen molar-refractivity contribution in [2.45, 2.75) is 32.3 Å². The highest BCUT2D eigenvalue weighted by Crippen LogP contribution is 2.28. The fraction of sp³-hybridized carbons (Fsp3) is 0.300. The molecule has 0 bridgehead atoms. The van der Waals surface area contributed by atoms with E-state index >= 15 is 0 Å². The van der Waals surface area contributed by atoms with Gasteiger partial charge in [-0.15, -0.1) is 11.3 Å². The highest BCUT2D eigenvalue weighted by atomic mass is 32.1. The lowest BCUT2D eigenvalue weighted by Gasteiger charge is -2.10. The summed E-state index contributed by atoms with van der Waals surface area (Å²) in [5.74, 6) is -0.707. The van der Waals surface area contributed by atoms with Crippen LogP contribution in [0.5, 0.6) is 5.75 Å². The normalized spacial score (nSPS) is 13.1. The van der Waals surface area contributed by atoms with Crippen molar-refractivity contribution in [3.8, 4) is 5.75 Å². The second-order valence-electron chi connectivity index (χ2n) is 6.74. The van der Waals surface area contributed by atoms with Crippen molar-refractivity contribution < 1.29 is 19.1 Å². The third kappa shape index (κ3) is 4.14. The predicted octanol–water partition coefficient (Wildman–Crippen LogP) is 1.86. The molecular weight excluding hydrogens is 394 g/mol. The first kappa shape index (κ1) is 19.1. The van der Waals surface area contributed by atoms with Gasteiger partial charge >= 0.3 is 5.97 Å². The maximum absolute atomic E-state index is 12.5. The van der Waals surface area contributed by atoms with Gasteiger partial charge in [-0.1, -0.05) is 0 Å². The molecule has 0 spiro atoms. The van der Waals surface area contributed by atoms with Crippen molar-refractivity contribution in [2.75, 3.05) is 6.61 Å². The standard InChI is InChI=1S/C20H19N3O5S/c21-17(24)11-27-14-7-5-12(6-8-14)19(26)28-10-13-9-18(25)23-15-3-1-2-4-16(15)29-20(23)22-13/h5-9H,1-4,10-11H2,(H2,21,24). The molecule has 1 amide bonds. The summed E-state index contributed by atoms with van der Waals surface area (Å²) in [5, 5.41) is 0. The number of aryl methyl sites for hydroxylation is 2. The Morgan fingerprint density at radius 1 is 1.17 bits per heavy atom. The average Bonchev–Trinajstić information content (AvgIpc) is 3.09. The number of carbonyl (C=O) groups is 2. The third-order valence-corrected chi connectivity index (χ3v) is 5.78. The second-order valence-corrected chi connectivity index (χ2v) is 7.80. The molecule has 29 heavy (non-hydrogen) atoms. The van der Waals surface area contributed by atoms with Crippen LogP contribution in [0.25, 0.3) is 4.96 Å². The Hall–Kier alpha value is -3.20. The summed E-state index contributed by atoms with van der Waals surface area (Å²) in [4.78, 5) is 41.9. The van der Waals surface area contributed by atoms with Crippen molar-refractivity contribution in [2.24, 2.45) is 5.73 Å². The Morgan fingerprint density at radius 3 is 2.69 bits per heavy atom. The molecule has 0 saturated carbocycles. The van der Waals surface area contributed by atoms with Crippen LogP contribution in [-0.4, -0.2) is 27.9 Å². The number of primary amides is 1. The molecule has 8 nitrogen and oxygen atoms in total. The number of aromatic nitrogens is 2. The molecule has 0 radical (unpaired) electrons. The lowest BCUT2D eigenvalue weighted by atomic mass is 10.0. The highest BCUT2D eigenvalue weighted by molar-refractivity contribution is 7.17. The molecule has 0 unspecified atom stereocenters. The van der Waals surface area contributed by atoms with Crippen molar-refractivity contribution in [1.29, 1.82) is 0 Å². The number of rotatable bonds is 6. The number of hydrogen-bond acceptors (Lipinski definition) is 7. The molecule has 1 aliphatic rings. The average molecular weight is 413 g/mol. The lowest BCUT2D eigenvalue weighted by molar-refractivity contribution is -0.119. The zero-order chi connectivity index (χ0) is 20.4. The van der Waals surface area contributed by atoms with Crippen LogP contribution in [0.3, 0.4) is 0 Å². The SMILES string of the molecule is NC(=O)COc1ccc(C(=O)OCc2cc(=O)n3c4c(sc3n2)CCCC4)cc1. The van der Waals surface area contributed by atoms with Crippen LogP contribution in [0.4, 0.5) is 0 Å². The first-order valence-corrected chi connectivity index (χ1v) is 10.0. The summed E-state index contributed by atoms with van der Waals surface area (Å²) in [7, 11) is 0. The van der Waals surface area contributed by atoms with E-state index in [1.165, 1.54) is 34.4 Å². The van der Waals surface area contributed by atoms with Gasteiger partial charge in [-0.25, -0.2) is 9.78 Å². The molecule has 4 rings (SSSR count). The second kappa shape index (κ2) is 8.04. The van der Waals surface area contributed by atoms with E-state index in [9.17, 15) is 14.4 Å². The number of hydrogen-bond donors (Lipinski definition) is 1. The van der Waals surface area contributed by atoms with Crippen LogP contribution in [0.15, 0.2) is 35.1 Å². The summed E-state index contributed by atoms with van der Waals surface area (Å²) >= 11 is 1.53. The highest BCUT2D eigenvalue weighted by Gasteiger charge is 2.19. The first-order chi connectivity index (χ1) is 14.0. The molecule has 0 aliphatic heterocycles. The number of benzene rings is 1. The number of carbonyl (C=O) groups excluding carboxylic acids is 2. The lowest BCUT2D eigenvalue weighted by Crippen LogP contribution is -2.20. The molecule has 1 aromatic carbocycles. The quantitative estimate of drug-likeness (QED) is 0.617. The van der Waals surface area contributed by atoms with E-state index in [1.54, 1.807) is 16.5 Å². The van der Waals surface area contributed by atoms with Crippen molar-refractivity contribution in [3.05, 3.63) is 62.5 Å². The summed E-state index contributed by atoms with van der Waals surface area (Å²) in [6, 6.07) is 7.57. The smallest absolute Gasteiger partial charge is 0.338 e. The number of ether oxygens (including phenoxy) is 2. The zero-order valence-corrected chi connectivity index (χ0v) is 16.4. The van der Waals surface area contributed by atoms with E-state index in [2.05, 4.69) is 4.98 Å². The van der Waals surface area contributed by atoms with Crippen LogP contribution in [0.1, 0.15) is 39.5 Å². The Balaban J connectivity index is 1.44. The number of thiazole rings is 1. The monoisotopic (exact) mass is 413 g/mol. The topological polar surface area (TPSA) is 113 Å². The predicted molar refractivity (Wildman–Crippen MR) is 106 cm³/mol. The van der Waals surface area contributed by atoms with Gasteiger partial charge < -0.3 is 15.2 Å². The minimum absolute atomic E-state index is 0.0902. The van der Waals surface area contributed by atoms with Crippen LogP contribution < -0.4 is 16.0 Å². The van der Waals surface area contributed by atoms with E-state index in [0.29, 0.717) is 22.0 Å². The van der Waals surface area contributed by atoms with E-state index in [0.717, 1.165) is 31.4 Å². The minimum atomic E-state index is -0.583. The molecule has 150 valence electrons. The molecule has 0 fully saturated rings. The van der Waals surface area contributed by atoms with E-state index in [4.69, 9.17) is 15.2 Å². The van der Waals surface area contributed by atoms with E-state index < -0.39 is 11.9 Å². The van der Waals surface area contributed by atoms with Crippen LogP contribution >= 0.6 is 11.3 Å². The van der Waals surface area contributed by atoms with Crippen LogP contribution in [0, 0.1) is 0 Å². The maximum Gasteiger partial charge on any atom is 0.338 e.